The summed E-state index contributed by atoms with van der Waals surface area (Å²) in [6, 6.07) is 0.488. The lowest BCUT2D eigenvalue weighted by atomic mass is 10.0. The minimum absolute atomic E-state index is 0.124. The Hall–Kier alpha value is -0.610. The standard InChI is InChI=1S/C13H26N2O2/c1-11(2)8-14-9-12-6-4-5-7-15(12)10-13(16)17-3/h11-12,14H,4-10H2,1-3H3. The van der Waals surface area contributed by atoms with Gasteiger partial charge in [0.2, 0.25) is 0 Å². The van der Waals surface area contributed by atoms with Gasteiger partial charge in [0.1, 0.15) is 0 Å². The number of nitrogens with one attached hydrogen (secondary N) is 1. The van der Waals surface area contributed by atoms with Crippen molar-refractivity contribution in [2.24, 2.45) is 5.92 Å². The van der Waals surface area contributed by atoms with Crippen LogP contribution in [0.5, 0.6) is 0 Å². The monoisotopic (exact) mass is 242 g/mol. The molecule has 1 aliphatic heterocycles. The number of methoxy groups -OCH3 is 1. The number of piperidine rings is 1. The van der Waals surface area contributed by atoms with Crippen LogP contribution < -0.4 is 5.32 Å². The topological polar surface area (TPSA) is 41.6 Å². The summed E-state index contributed by atoms with van der Waals surface area (Å²) in [5.41, 5.74) is 0. The lowest BCUT2D eigenvalue weighted by Crippen LogP contribution is -2.48. The summed E-state index contributed by atoms with van der Waals surface area (Å²) in [6.07, 6.45) is 3.64. The minimum atomic E-state index is -0.124. The molecule has 0 spiro atoms. The van der Waals surface area contributed by atoms with Gasteiger partial charge in [-0.3, -0.25) is 9.69 Å². The molecule has 0 radical (unpaired) electrons. The lowest BCUT2D eigenvalue weighted by molar-refractivity contribution is -0.142. The highest BCUT2D eigenvalue weighted by molar-refractivity contribution is 5.71. The van der Waals surface area contributed by atoms with Crippen LogP contribution in [-0.2, 0) is 9.53 Å². The lowest BCUT2D eigenvalue weighted by Gasteiger charge is -2.35. The molecule has 0 amide bonds. The maximum Gasteiger partial charge on any atom is 0.319 e. The maximum absolute atomic E-state index is 11.3. The molecular formula is C13H26N2O2. The highest BCUT2D eigenvalue weighted by atomic mass is 16.5. The molecule has 0 bridgehead atoms. The van der Waals surface area contributed by atoms with Crippen molar-refractivity contribution in [3.05, 3.63) is 0 Å². The van der Waals surface area contributed by atoms with E-state index in [-0.39, 0.29) is 5.97 Å². The summed E-state index contributed by atoms with van der Waals surface area (Å²) >= 11 is 0. The molecule has 0 aliphatic carbocycles. The smallest absolute Gasteiger partial charge is 0.319 e. The SMILES string of the molecule is COC(=O)CN1CCCCC1CNCC(C)C. The van der Waals surface area contributed by atoms with E-state index in [4.69, 9.17) is 4.74 Å². The molecule has 1 atom stereocenters. The van der Waals surface area contributed by atoms with Crippen LogP contribution >= 0.6 is 0 Å². The first-order chi connectivity index (χ1) is 8.13. The molecule has 4 heteroatoms. The van der Waals surface area contributed by atoms with E-state index in [0.717, 1.165) is 19.6 Å². The van der Waals surface area contributed by atoms with Crippen LogP contribution in [0.25, 0.3) is 0 Å². The second-order valence-corrected chi connectivity index (χ2v) is 5.25. The Labute approximate surface area is 105 Å². The van der Waals surface area contributed by atoms with Crippen molar-refractivity contribution in [1.29, 1.82) is 0 Å². The number of hydrogen-bond donors (Lipinski definition) is 1. The molecule has 0 aromatic heterocycles. The van der Waals surface area contributed by atoms with Crippen molar-refractivity contribution < 1.29 is 9.53 Å². The largest absolute Gasteiger partial charge is 0.468 e. The summed E-state index contributed by atoms with van der Waals surface area (Å²) in [6.45, 7) is 7.89. The molecule has 0 saturated carbocycles. The van der Waals surface area contributed by atoms with Crippen LogP contribution in [0, 0.1) is 5.92 Å². The fraction of sp³-hybridized carbons (Fsp3) is 0.923. The molecule has 100 valence electrons. The molecule has 1 unspecified atom stereocenters. The Morgan fingerprint density at radius 2 is 2.24 bits per heavy atom. The molecule has 1 rings (SSSR count). The quantitative estimate of drug-likeness (QED) is 0.712. The Balaban J connectivity index is 2.34. The van der Waals surface area contributed by atoms with Gasteiger partial charge in [-0.25, -0.2) is 0 Å². The number of nitrogens with zero attached hydrogens (tertiary/aromatic N) is 1. The van der Waals surface area contributed by atoms with Gasteiger partial charge in [-0.2, -0.15) is 0 Å². The molecule has 1 heterocycles. The van der Waals surface area contributed by atoms with Gasteiger partial charge < -0.3 is 10.1 Å². The van der Waals surface area contributed by atoms with E-state index < -0.39 is 0 Å². The molecular weight excluding hydrogens is 216 g/mol. The van der Waals surface area contributed by atoms with E-state index >= 15 is 0 Å². The number of carbonyl (C=O) groups excluding carboxylic acids is 1. The van der Waals surface area contributed by atoms with Crippen LogP contribution in [-0.4, -0.2) is 50.2 Å². The number of rotatable bonds is 6. The third kappa shape index (κ3) is 5.50. The van der Waals surface area contributed by atoms with Gasteiger partial charge in [0.05, 0.1) is 13.7 Å². The van der Waals surface area contributed by atoms with E-state index in [9.17, 15) is 4.79 Å². The molecule has 1 N–H and O–H groups in total. The van der Waals surface area contributed by atoms with Crippen molar-refractivity contribution in [3.8, 4) is 0 Å². The van der Waals surface area contributed by atoms with Gasteiger partial charge in [0, 0.05) is 12.6 Å². The highest BCUT2D eigenvalue weighted by Crippen LogP contribution is 2.16. The predicted molar refractivity (Wildman–Crippen MR) is 68.9 cm³/mol. The molecule has 1 fully saturated rings. The molecule has 1 saturated heterocycles. The number of likely N-dealkylation sites (tertiary alicyclic amines) is 1. The maximum atomic E-state index is 11.3. The van der Waals surface area contributed by atoms with E-state index in [1.165, 1.54) is 26.4 Å². The third-order valence-corrected chi connectivity index (χ3v) is 3.24. The number of ether oxygens (including phenoxy) is 1. The normalized spacial score (nSPS) is 21.8. The molecule has 0 aromatic rings. The van der Waals surface area contributed by atoms with Crippen molar-refractivity contribution in [3.63, 3.8) is 0 Å². The molecule has 0 aromatic carbocycles. The van der Waals surface area contributed by atoms with Gasteiger partial charge in [0.25, 0.3) is 0 Å². The zero-order valence-electron chi connectivity index (χ0n) is 11.4. The number of hydrogen-bond acceptors (Lipinski definition) is 4. The van der Waals surface area contributed by atoms with Crippen LogP contribution in [0.4, 0.5) is 0 Å². The Bertz CT molecular complexity index is 231. The number of esters is 1. The van der Waals surface area contributed by atoms with Gasteiger partial charge in [-0.05, 0) is 31.8 Å². The third-order valence-electron chi connectivity index (χ3n) is 3.24. The first-order valence-electron chi connectivity index (χ1n) is 6.65. The summed E-state index contributed by atoms with van der Waals surface area (Å²) in [5, 5.41) is 3.48. The zero-order chi connectivity index (χ0) is 12.7. The van der Waals surface area contributed by atoms with Gasteiger partial charge in [-0.1, -0.05) is 20.3 Å². The summed E-state index contributed by atoms with van der Waals surface area (Å²) < 4.78 is 4.74. The van der Waals surface area contributed by atoms with Crippen LogP contribution in [0.15, 0.2) is 0 Å². The van der Waals surface area contributed by atoms with E-state index in [2.05, 4.69) is 24.1 Å². The Morgan fingerprint density at radius 3 is 2.88 bits per heavy atom. The van der Waals surface area contributed by atoms with Gasteiger partial charge in [0.15, 0.2) is 0 Å². The average Bonchev–Trinajstić information content (AvgIpc) is 2.30. The first-order valence-corrected chi connectivity index (χ1v) is 6.65. The average molecular weight is 242 g/mol. The van der Waals surface area contributed by atoms with Gasteiger partial charge in [-0.15, -0.1) is 0 Å². The van der Waals surface area contributed by atoms with Gasteiger partial charge >= 0.3 is 5.97 Å². The summed E-state index contributed by atoms with van der Waals surface area (Å²) in [7, 11) is 1.46. The first kappa shape index (κ1) is 14.5. The summed E-state index contributed by atoms with van der Waals surface area (Å²) in [5.74, 6) is 0.549. The second kappa shape index (κ2) is 7.67. The fourth-order valence-corrected chi connectivity index (χ4v) is 2.27. The Morgan fingerprint density at radius 1 is 1.47 bits per heavy atom. The molecule has 4 nitrogen and oxygen atoms in total. The van der Waals surface area contributed by atoms with Crippen LogP contribution in [0.3, 0.4) is 0 Å². The van der Waals surface area contributed by atoms with Crippen LogP contribution in [0.2, 0.25) is 0 Å². The van der Waals surface area contributed by atoms with Crippen LogP contribution in [0.1, 0.15) is 33.1 Å². The van der Waals surface area contributed by atoms with E-state index in [1.54, 1.807) is 0 Å². The predicted octanol–water partition coefficient (Wildman–Crippen LogP) is 1.26. The van der Waals surface area contributed by atoms with E-state index in [1.807, 2.05) is 0 Å². The Kier molecular flexibility index (Phi) is 6.52. The van der Waals surface area contributed by atoms with Crippen molar-refractivity contribution in [1.82, 2.24) is 10.2 Å². The second-order valence-electron chi connectivity index (χ2n) is 5.25. The highest BCUT2D eigenvalue weighted by Gasteiger charge is 2.24. The van der Waals surface area contributed by atoms with Crippen molar-refractivity contribution in [2.75, 3.05) is 33.3 Å². The van der Waals surface area contributed by atoms with Crippen molar-refractivity contribution in [2.45, 2.75) is 39.2 Å². The fourth-order valence-electron chi connectivity index (χ4n) is 2.27. The number of carbonyl (C=O) groups is 1. The van der Waals surface area contributed by atoms with Crippen molar-refractivity contribution >= 4 is 5.97 Å². The molecule has 1 aliphatic rings. The minimum Gasteiger partial charge on any atom is -0.468 e. The molecule has 17 heavy (non-hydrogen) atoms. The van der Waals surface area contributed by atoms with E-state index in [0.29, 0.717) is 18.5 Å². The summed E-state index contributed by atoms with van der Waals surface area (Å²) in [4.78, 5) is 13.6. The zero-order valence-corrected chi connectivity index (χ0v) is 11.4.